The van der Waals surface area contributed by atoms with Gasteiger partial charge < -0.3 is 19.1 Å². The molecule has 0 unspecified atom stereocenters. The Bertz CT molecular complexity index is 2190. The van der Waals surface area contributed by atoms with E-state index in [1.54, 1.807) is 6.20 Å². The van der Waals surface area contributed by atoms with Crippen LogP contribution in [0.3, 0.4) is 0 Å². The summed E-state index contributed by atoms with van der Waals surface area (Å²) < 4.78 is 35.8. The fraction of sp³-hybridized carbons (Fsp3) is 0.442. The van der Waals surface area contributed by atoms with Crippen molar-refractivity contribution < 1.29 is 23.4 Å². The number of halogens is 1. The van der Waals surface area contributed by atoms with Crippen LogP contribution in [0.2, 0.25) is 0 Å². The summed E-state index contributed by atoms with van der Waals surface area (Å²) in [5.41, 5.74) is 1.39. The van der Waals surface area contributed by atoms with Gasteiger partial charge in [-0.1, -0.05) is 54.6 Å². The molecular formula is C43H47FN6O4. The molecule has 4 fully saturated rings. The van der Waals surface area contributed by atoms with Gasteiger partial charge in [-0.05, 0) is 101 Å². The summed E-state index contributed by atoms with van der Waals surface area (Å²) in [7, 11) is 0. The molecule has 10 nitrogen and oxygen atoms in total. The van der Waals surface area contributed by atoms with Crippen LogP contribution in [0, 0.1) is 5.82 Å². The molecule has 0 spiro atoms. The smallest absolute Gasteiger partial charge is 0.410 e. The highest BCUT2D eigenvalue weighted by Gasteiger charge is 2.46. The third-order valence-corrected chi connectivity index (χ3v) is 11.6. The van der Waals surface area contributed by atoms with Crippen molar-refractivity contribution in [3.05, 3.63) is 84.3 Å². The number of pyridine rings is 1. The number of carbonyl (C=O) groups excluding carboxylic acids is 1. The van der Waals surface area contributed by atoms with Crippen molar-refractivity contribution in [3.8, 4) is 23.0 Å². The highest BCUT2D eigenvalue weighted by molar-refractivity contribution is 6.00. The van der Waals surface area contributed by atoms with E-state index in [0.717, 1.165) is 68.0 Å². The maximum atomic E-state index is 17.3. The van der Waals surface area contributed by atoms with Crippen LogP contribution in [-0.2, 0) is 11.3 Å². The lowest BCUT2D eigenvalue weighted by Crippen LogP contribution is -2.57. The van der Waals surface area contributed by atoms with E-state index in [9.17, 15) is 4.79 Å². The lowest BCUT2D eigenvalue weighted by atomic mass is 9.95. The van der Waals surface area contributed by atoms with Gasteiger partial charge in [-0.25, -0.2) is 9.18 Å². The second-order valence-electron chi connectivity index (χ2n) is 16.4. The number of hydrogen-bond acceptors (Lipinski definition) is 9. The van der Waals surface area contributed by atoms with Gasteiger partial charge in [-0.2, -0.15) is 9.97 Å². The van der Waals surface area contributed by atoms with E-state index < -0.39 is 11.4 Å². The van der Waals surface area contributed by atoms with Crippen molar-refractivity contribution in [2.24, 2.45) is 0 Å². The molecule has 2 atom stereocenters. The standard InChI is InChI=1S/C43H47FN6O4/c1-42(2,3)54-41(51)50-30-15-16-31(50)25-48(24-30)39-35-23-45-37(36(44)38(35)46-40(47-39)53-27-43-17-9-19-49(43)20-10-18-43)34-22-32(21-29-13-7-8-14-33(29)34)52-26-28-11-5-4-6-12-28/h4-8,11-14,21-23,30-31H,9-10,15-20,24-27H2,1-3H3/t30-,31+. The first-order valence-corrected chi connectivity index (χ1v) is 19.3. The number of carbonyl (C=O) groups is 1. The van der Waals surface area contributed by atoms with Crippen LogP contribution in [0.5, 0.6) is 11.8 Å². The van der Waals surface area contributed by atoms with Gasteiger partial charge in [0.1, 0.15) is 41.6 Å². The zero-order valence-corrected chi connectivity index (χ0v) is 31.3. The summed E-state index contributed by atoms with van der Waals surface area (Å²) in [5.74, 6) is 0.658. The summed E-state index contributed by atoms with van der Waals surface area (Å²) in [5, 5.41) is 2.29. The molecule has 5 aromatic rings. The van der Waals surface area contributed by atoms with Crippen LogP contribution in [-0.4, -0.2) is 86.9 Å². The number of benzene rings is 3. The molecule has 2 bridgehead atoms. The number of aromatic nitrogens is 3. The van der Waals surface area contributed by atoms with Crippen molar-refractivity contribution >= 4 is 33.6 Å². The molecule has 0 N–H and O–H groups in total. The molecule has 9 rings (SSSR count). The van der Waals surface area contributed by atoms with Crippen molar-refractivity contribution in [1.29, 1.82) is 0 Å². The van der Waals surface area contributed by atoms with Crippen molar-refractivity contribution in [3.63, 3.8) is 0 Å². The van der Waals surface area contributed by atoms with Gasteiger partial charge in [0.15, 0.2) is 5.82 Å². The maximum absolute atomic E-state index is 17.3. The first-order valence-electron chi connectivity index (χ1n) is 19.3. The normalized spacial score (nSPS) is 20.8. The van der Waals surface area contributed by atoms with E-state index in [0.29, 0.717) is 48.8 Å². The topological polar surface area (TPSA) is 93.2 Å². The van der Waals surface area contributed by atoms with E-state index in [1.165, 1.54) is 0 Å². The van der Waals surface area contributed by atoms with E-state index in [-0.39, 0.29) is 40.9 Å². The SMILES string of the molecule is CC(C)(C)OC(=O)N1[C@@H]2CC[C@H]1CN(c1nc(OCC34CCCN3CCC4)nc3c(F)c(-c4cc(OCc5ccccc5)cc5ccccc45)ncc13)C2. The number of amides is 1. The van der Waals surface area contributed by atoms with Crippen LogP contribution in [0.25, 0.3) is 32.9 Å². The predicted octanol–water partition coefficient (Wildman–Crippen LogP) is 8.16. The van der Waals surface area contributed by atoms with Crippen LogP contribution < -0.4 is 14.4 Å². The lowest BCUT2D eigenvalue weighted by molar-refractivity contribution is 0.0122. The summed E-state index contributed by atoms with van der Waals surface area (Å²) in [4.78, 5) is 34.5. The molecule has 4 saturated heterocycles. The molecule has 4 aliphatic rings. The molecule has 0 saturated carbocycles. The number of hydrogen-bond donors (Lipinski definition) is 0. The van der Waals surface area contributed by atoms with Crippen molar-refractivity contribution in [1.82, 2.24) is 24.8 Å². The Balaban J connectivity index is 1.11. The molecule has 1 amide bonds. The fourth-order valence-corrected chi connectivity index (χ4v) is 9.17. The lowest BCUT2D eigenvalue weighted by Gasteiger charge is -2.42. The fourth-order valence-electron chi connectivity index (χ4n) is 9.17. The molecular weight excluding hydrogens is 684 g/mol. The minimum Gasteiger partial charge on any atom is -0.489 e. The second kappa shape index (κ2) is 13.7. The Hall–Kier alpha value is -5.03. The molecule has 54 heavy (non-hydrogen) atoms. The van der Waals surface area contributed by atoms with Crippen LogP contribution in [0.15, 0.2) is 72.9 Å². The van der Waals surface area contributed by atoms with Crippen molar-refractivity contribution in [2.45, 2.75) is 89.1 Å². The zero-order chi connectivity index (χ0) is 37.0. The van der Waals surface area contributed by atoms with Gasteiger partial charge in [0, 0.05) is 24.8 Å². The summed E-state index contributed by atoms with van der Waals surface area (Å²) in [6.07, 6.45) is 7.55. The Morgan fingerprint density at radius 3 is 2.37 bits per heavy atom. The summed E-state index contributed by atoms with van der Waals surface area (Å²) >= 11 is 0. The molecule has 3 aromatic carbocycles. The summed E-state index contributed by atoms with van der Waals surface area (Å²) in [6.45, 7) is 9.72. The highest BCUT2D eigenvalue weighted by Crippen LogP contribution is 2.42. The Morgan fingerprint density at radius 1 is 0.907 bits per heavy atom. The monoisotopic (exact) mass is 730 g/mol. The second-order valence-corrected chi connectivity index (χ2v) is 16.4. The average Bonchev–Trinajstić information content (AvgIpc) is 3.83. The van der Waals surface area contributed by atoms with Gasteiger partial charge in [-0.15, -0.1) is 0 Å². The zero-order valence-electron chi connectivity index (χ0n) is 31.3. The molecule has 280 valence electrons. The number of fused-ring (bicyclic) bond motifs is 5. The number of rotatable bonds is 8. The highest BCUT2D eigenvalue weighted by atomic mass is 19.1. The van der Waals surface area contributed by atoms with Crippen LogP contribution in [0.4, 0.5) is 15.0 Å². The number of nitrogens with zero attached hydrogens (tertiary/aromatic N) is 6. The predicted molar refractivity (Wildman–Crippen MR) is 206 cm³/mol. The number of anilines is 1. The Kier molecular flexibility index (Phi) is 8.79. The molecule has 0 aliphatic carbocycles. The molecule has 11 heteroatoms. The van der Waals surface area contributed by atoms with E-state index in [1.807, 2.05) is 92.4 Å². The quantitative estimate of drug-likeness (QED) is 0.157. The van der Waals surface area contributed by atoms with Crippen LogP contribution >= 0.6 is 0 Å². The van der Waals surface area contributed by atoms with Gasteiger partial charge >= 0.3 is 12.1 Å². The van der Waals surface area contributed by atoms with Crippen molar-refractivity contribution in [2.75, 3.05) is 37.7 Å². The largest absolute Gasteiger partial charge is 0.489 e. The minimum atomic E-state index is -0.587. The van der Waals surface area contributed by atoms with Gasteiger partial charge in [0.25, 0.3) is 0 Å². The first kappa shape index (κ1) is 34.7. The van der Waals surface area contributed by atoms with E-state index in [2.05, 4.69) is 9.80 Å². The van der Waals surface area contributed by atoms with Crippen LogP contribution in [0.1, 0.15) is 64.9 Å². The molecule has 0 radical (unpaired) electrons. The van der Waals surface area contributed by atoms with Gasteiger partial charge in [-0.3, -0.25) is 14.8 Å². The number of ether oxygens (including phenoxy) is 3. The third-order valence-electron chi connectivity index (χ3n) is 11.6. The minimum absolute atomic E-state index is 0.0301. The third kappa shape index (κ3) is 6.46. The van der Waals surface area contributed by atoms with E-state index in [4.69, 9.17) is 29.2 Å². The van der Waals surface area contributed by atoms with Gasteiger partial charge in [0.05, 0.1) is 23.0 Å². The maximum Gasteiger partial charge on any atom is 0.410 e. The van der Waals surface area contributed by atoms with E-state index >= 15 is 4.39 Å². The molecule has 4 aliphatic heterocycles. The Labute approximate surface area is 315 Å². The summed E-state index contributed by atoms with van der Waals surface area (Å²) in [6, 6.07) is 21.8. The van der Waals surface area contributed by atoms with Gasteiger partial charge in [0.2, 0.25) is 0 Å². The Morgan fingerprint density at radius 2 is 1.63 bits per heavy atom. The first-order chi connectivity index (χ1) is 26.1. The molecule has 2 aromatic heterocycles. The average molecular weight is 731 g/mol. The molecule has 6 heterocycles. The number of piperazine rings is 1.